The van der Waals surface area contributed by atoms with E-state index in [4.69, 9.17) is 5.11 Å². The van der Waals surface area contributed by atoms with Crippen LogP contribution < -0.4 is 10.6 Å². The minimum atomic E-state index is -1.06. The molecular formula is C21H30N4O4. The number of hydrogen-bond donors (Lipinski definition) is 3. The van der Waals surface area contributed by atoms with E-state index >= 15 is 0 Å². The highest BCUT2D eigenvalue weighted by molar-refractivity contribution is 5.89. The predicted molar refractivity (Wildman–Crippen MR) is 111 cm³/mol. The molecule has 1 aromatic rings. The van der Waals surface area contributed by atoms with Crippen molar-refractivity contribution in [3.05, 3.63) is 54.9 Å². The van der Waals surface area contributed by atoms with Gasteiger partial charge in [0.2, 0.25) is 11.8 Å². The van der Waals surface area contributed by atoms with Gasteiger partial charge in [-0.1, -0.05) is 25.5 Å². The van der Waals surface area contributed by atoms with Gasteiger partial charge in [-0.05, 0) is 18.6 Å². The van der Waals surface area contributed by atoms with Crippen LogP contribution in [0.15, 0.2) is 43.6 Å². The monoisotopic (exact) mass is 402 g/mol. The fourth-order valence-electron chi connectivity index (χ4n) is 2.63. The van der Waals surface area contributed by atoms with Gasteiger partial charge in [0.05, 0.1) is 23.7 Å². The van der Waals surface area contributed by atoms with Crippen molar-refractivity contribution in [3.63, 3.8) is 0 Å². The molecule has 0 radical (unpaired) electrons. The lowest BCUT2D eigenvalue weighted by Crippen LogP contribution is -2.48. The zero-order chi connectivity index (χ0) is 21.6. The maximum atomic E-state index is 13.0. The number of carboxylic acid groups (broad SMARTS) is 1. The summed E-state index contributed by atoms with van der Waals surface area (Å²) in [4.78, 5) is 42.0. The molecule has 0 aliphatic heterocycles. The van der Waals surface area contributed by atoms with Gasteiger partial charge in [-0.3, -0.25) is 19.9 Å². The van der Waals surface area contributed by atoms with Gasteiger partial charge in [0.25, 0.3) is 0 Å². The SMILES string of the molecule is C=CCN(CC=C)C(=O)C(CC(=O)NCCCC)NCc1cc(C(=O)O)ccn1. The lowest BCUT2D eigenvalue weighted by Gasteiger charge is -2.26. The van der Waals surface area contributed by atoms with Crippen LogP contribution in [0.3, 0.4) is 0 Å². The van der Waals surface area contributed by atoms with Gasteiger partial charge in [0.15, 0.2) is 0 Å². The van der Waals surface area contributed by atoms with Crippen molar-refractivity contribution in [2.75, 3.05) is 19.6 Å². The van der Waals surface area contributed by atoms with Crippen LogP contribution in [-0.2, 0) is 16.1 Å². The zero-order valence-corrected chi connectivity index (χ0v) is 16.9. The molecule has 8 nitrogen and oxygen atoms in total. The van der Waals surface area contributed by atoms with Crippen LogP contribution in [0.25, 0.3) is 0 Å². The molecule has 1 rings (SSSR count). The van der Waals surface area contributed by atoms with E-state index in [1.54, 1.807) is 12.2 Å². The third-order valence-corrected chi connectivity index (χ3v) is 4.14. The van der Waals surface area contributed by atoms with E-state index in [0.29, 0.717) is 25.3 Å². The summed E-state index contributed by atoms with van der Waals surface area (Å²) >= 11 is 0. The number of carbonyl (C=O) groups is 3. The van der Waals surface area contributed by atoms with Crippen LogP contribution in [0.2, 0.25) is 0 Å². The Morgan fingerprint density at radius 2 is 1.97 bits per heavy atom. The van der Waals surface area contributed by atoms with Crippen LogP contribution in [-0.4, -0.2) is 58.5 Å². The van der Waals surface area contributed by atoms with Crippen molar-refractivity contribution in [2.24, 2.45) is 0 Å². The van der Waals surface area contributed by atoms with E-state index in [1.165, 1.54) is 23.2 Å². The van der Waals surface area contributed by atoms with Gasteiger partial charge in [0, 0.05) is 32.4 Å². The van der Waals surface area contributed by atoms with E-state index in [1.807, 2.05) is 6.92 Å². The highest BCUT2D eigenvalue weighted by Gasteiger charge is 2.25. The standard InChI is InChI=1S/C21H30N4O4/c1-4-7-9-23-19(26)14-18(20(27)25(11-5-2)12-6-3)24-15-17-13-16(21(28)29)8-10-22-17/h5-6,8,10,13,18,24H,2-4,7,9,11-12,14-15H2,1H3,(H,23,26)(H,28,29). The van der Waals surface area contributed by atoms with Gasteiger partial charge < -0.3 is 15.3 Å². The van der Waals surface area contributed by atoms with Gasteiger partial charge in [0.1, 0.15) is 0 Å². The molecule has 1 unspecified atom stereocenters. The highest BCUT2D eigenvalue weighted by Crippen LogP contribution is 2.06. The first-order valence-corrected chi connectivity index (χ1v) is 9.61. The maximum absolute atomic E-state index is 13.0. The van der Waals surface area contributed by atoms with Crippen molar-refractivity contribution < 1.29 is 19.5 Å². The van der Waals surface area contributed by atoms with E-state index < -0.39 is 12.0 Å². The lowest BCUT2D eigenvalue weighted by molar-refractivity contribution is -0.135. The number of carbonyl (C=O) groups excluding carboxylic acids is 2. The molecule has 3 N–H and O–H groups in total. The van der Waals surface area contributed by atoms with Gasteiger partial charge in [-0.2, -0.15) is 0 Å². The molecule has 0 saturated heterocycles. The number of aromatic nitrogens is 1. The van der Waals surface area contributed by atoms with Crippen molar-refractivity contribution in [3.8, 4) is 0 Å². The van der Waals surface area contributed by atoms with Crippen molar-refractivity contribution >= 4 is 17.8 Å². The van der Waals surface area contributed by atoms with Crippen molar-refractivity contribution in [1.82, 2.24) is 20.5 Å². The largest absolute Gasteiger partial charge is 0.478 e. The first kappa shape index (κ1) is 24.0. The molecule has 2 amide bonds. The first-order valence-electron chi connectivity index (χ1n) is 9.61. The molecule has 0 aliphatic carbocycles. The van der Waals surface area contributed by atoms with Gasteiger partial charge in [-0.15, -0.1) is 13.2 Å². The molecule has 8 heteroatoms. The van der Waals surface area contributed by atoms with Crippen molar-refractivity contribution in [2.45, 2.75) is 38.8 Å². The summed E-state index contributed by atoms with van der Waals surface area (Å²) in [5.41, 5.74) is 0.574. The van der Waals surface area contributed by atoms with Crippen LogP contribution in [0.4, 0.5) is 0 Å². The molecule has 0 fully saturated rings. The third kappa shape index (κ3) is 8.69. The van der Waals surface area contributed by atoms with E-state index in [9.17, 15) is 14.4 Å². The summed E-state index contributed by atoms with van der Waals surface area (Å²) in [6.45, 7) is 10.7. The Bertz CT molecular complexity index is 710. The summed E-state index contributed by atoms with van der Waals surface area (Å²) in [6, 6.07) is 2.04. The van der Waals surface area contributed by atoms with Crippen LogP contribution >= 0.6 is 0 Å². The van der Waals surface area contributed by atoms with Crippen molar-refractivity contribution in [1.29, 1.82) is 0 Å². The Morgan fingerprint density at radius 3 is 2.55 bits per heavy atom. The molecule has 29 heavy (non-hydrogen) atoms. The summed E-state index contributed by atoms with van der Waals surface area (Å²) in [7, 11) is 0. The summed E-state index contributed by atoms with van der Waals surface area (Å²) < 4.78 is 0. The van der Waals surface area contributed by atoms with Crippen LogP contribution in [0.5, 0.6) is 0 Å². The number of amides is 2. The number of nitrogens with one attached hydrogen (secondary N) is 2. The molecule has 158 valence electrons. The smallest absolute Gasteiger partial charge is 0.335 e. The molecule has 0 spiro atoms. The average Bonchev–Trinajstić information content (AvgIpc) is 2.70. The molecule has 1 aromatic heterocycles. The highest BCUT2D eigenvalue weighted by atomic mass is 16.4. The second-order valence-electron chi connectivity index (χ2n) is 6.50. The Labute approximate surface area is 171 Å². The Hall–Kier alpha value is -3.00. The van der Waals surface area contributed by atoms with Gasteiger partial charge in [-0.25, -0.2) is 4.79 Å². The number of aromatic carboxylic acids is 1. The summed E-state index contributed by atoms with van der Waals surface area (Å²) in [5.74, 6) is -1.54. The van der Waals surface area contributed by atoms with E-state index in [0.717, 1.165) is 12.8 Å². The number of hydrogen-bond acceptors (Lipinski definition) is 5. The molecule has 0 saturated carbocycles. The van der Waals surface area contributed by atoms with Gasteiger partial charge >= 0.3 is 5.97 Å². The second-order valence-corrected chi connectivity index (χ2v) is 6.50. The minimum absolute atomic E-state index is 0.0358. The fraction of sp³-hybridized carbons (Fsp3) is 0.429. The fourth-order valence-corrected chi connectivity index (χ4v) is 2.63. The first-order chi connectivity index (χ1) is 13.9. The molecule has 0 aromatic carbocycles. The maximum Gasteiger partial charge on any atom is 0.335 e. The summed E-state index contributed by atoms with van der Waals surface area (Å²) in [6.07, 6.45) is 6.40. The molecule has 1 atom stereocenters. The Balaban J connectivity index is 2.90. The molecule has 0 bridgehead atoms. The predicted octanol–water partition coefficient (Wildman–Crippen LogP) is 1.74. The van der Waals surface area contributed by atoms with E-state index in [2.05, 4.69) is 28.8 Å². The normalized spacial score (nSPS) is 11.3. The number of carboxylic acids is 1. The third-order valence-electron chi connectivity index (χ3n) is 4.14. The van der Waals surface area contributed by atoms with E-state index in [-0.39, 0.29) is 30.3 Å². The number of pyridine rings is 1. The lowest BCUT2D eigenvalue weighted by atomic mass is 10.1. The summed E-state index contributed by atoms with van der Waals surface area (Å²) in [5, 5.41) is 15.0. The Kier molecular flexibility index (Phi) is 11.0. The average molecular weight is 402 g/mol. The number of unbranched alkanes of at least 4 members (excludes halogenated alkanes) is 1. The van der Waals surface area contributed by atoms with Crippen LogP contribution in [0, 0.1) is 0 Å². The zero-order valence-electron chi connectivity index (χ0n) is 16.9. The number of nitrogens with zero attached hydrogens (tertiary/aromatic N) is 2. The molecule has 1 heterocycles. The number of rotatable bonds is 14. The molecule has 0 aliphatic rings. The molecular weight excluding hydrogens is 372 g/mol. The van der Waals surface area contributed by atoms with Crippen LogP contribution in [0.1, 0.15) is 42.2 Å². The quantitative estimate of drug-likeness (QED) is 0.323. The minimum Gasteiger partial charge on any atom is -0.478 e. The Morgan fingerprint density at radius 1 is 1.28 bits per heavy atom. The second kappa shape index (κ2) is 13.2. The topological polar surface area (TPSA) is 112 Å².